The third-order valence-corrected chi connectivity index (χ3v) is 7.79. The van der Waals surface area contributed by atoms with Gasteiger partial charge in [0.15, 0.2) is 12.6 Å². The topological polar surface area (TPSA) is 123 Å². The molecule has 1 aliphatic heterocycles. The van der Waals surface area contributed by atoms with Gasteiger partial charge in [-0.3, -0.25) is 9.59 Å². The van der Waals surface area contributed by atoms with Gasteiger partial charge in [-0.1, -0.05) is 48.5 Å². The van der Waals surface area contributed by atoms with Crippen molar-refractivity contribution in [3.8, 4) is 0 Å². The highest BCUT2D eigenvalue weighted by atomic mass is 16.7. The molecule has 0 amide bonds. The van der Waals surface area contributed by atoms with Gasteiger partial charge < -0.3 is 29.5 Å². The van der Waals surface area contributed by atoms with E-state index in [2.05, 4.69) is 6.92 Å². The Morgan fingerprint density at radius 3 is 2.11 bits per heavy atom. The van der Waals surface area contributed by atoms with Gasteiger partial charge in [-0.2, -0.15) is 0 Å². The lowest BCUT2D eigenvalue weighted by atomic mass is 9.80. The predicted octanol–water partition coefficient (Wildman–Crippen LogP) is 4.08. The smallest absolute Gasteiger partial charge is 0.313 e. The van der Waals surface area contributed by atoms with E-state index in [1.807, 2.05) is 27.7 Å². The molecular weight excluding hydrogens is 464 g/mol. The third-order valence-electron chi connectivity index (χ3n) is 7.79. The fourth-order valence-electron chi connectivity index (χ4n) is 5.32. The van der Waals surface area contributed by atoms with Gasteiger partial charge in [0, 0.05) is 24.7 Å². The Balaban J connectivity index is 2.93. The van der Waals surface area contributed by atoms with Crippen LogP contribution in [-0.2, 0) is 23.8 Å². The van der Waals surface area contributed by atoms with Crippen molar-refractivity contribution >= 4 is 11.8 Å². The zero-order chi connectivity index (χ0) is 27.7. The zero-order valence-electron chi connectivity index (χ0n) is 23.8. The minimum atomic E-state index is -1.16. The highest BCUT2D eigenvalue weighted by Crippen LogP contribution is 2.33. The van der Waals surface area contributed by atoms with Crippen molar-refractivity contribution in [2.75, 3.05) is 0 Å². The SMILES string of the molecule is CCC(O)OC(=O)C(C)C(O[C@H]1CC(C)[C@@H](O)C(C)O1)C(C)CC(C)C[C@@H](C)C(=O)[C@H](C)[C@@H](O)CC. The average molecular weight is 517 g/mol. The molecule has 212 valence electrons. The van der Waals surface area contributed by atoms with Crippen LogP contribution in [0.5, 0.6) is 0 Å². The molecule has 8 heteroatoms. The molecule has 12 atom stereocenters. The molecule has 0 saturated carbocycles. The molecule has 3 N–H and O–H groups in total. The van der Waals surface area contributed by atoms with Crippen LogP contribution in [0.2, 0.25) is 0 Å². The van der Waals surface area contributed by atoms with E-state index in [4.69, 9.17) is 14.2 Å². The summed E-state index contributed by atoms with van der Waals surface area (Å²) in [6.45, 7) is 16.9. The molecule has 0 aromatic rings. The van der Waals surface area contributed by atoms with E-state index in [9.17, 15) is 24.9 Å². The number of ketones is 1. The van der Waals surface area contributed by atoms with Crippen molar-refractivity contribution in [2.45, 2.75) is 131 Å². The summed E-state index contributed by atoms with van der Waals surface area (Å²) in [4.78, 5) is 25.6. The predicted molar refractivity (Wildman–Crippen MR) is 138 cm³/mol. The summed E-state index contributed by atoms with van der Waals surface area (Å²) in [7, 11) is 0. The highest BCUT2D eigenvalue weighted by Gasteiger charge is 2.39. The zero-order valence-corrected chi connectivity index (χ0v) is 23.8. The van der Waals surface area contributed by atoms with E-state index in [0.29, 0.717) is 32.1 Å². The molecular formula is C28H52O8. The molecule has 7 unspecified atom stereocenters. The number of hydrogen-bond donors (Lipinski definition) is 3. The van der Waals surface area contributed by atoms with E-state index in [0.717, 1.165) is 0 Å². The molecule has 1 rings (SSSR count). The molecule has 1 heterocycles. The molecule has 0 aromatic heterocycles. The highest BCUT2D eigenvalue weighted by molar-refractivity contribution is 5.83. The van der Waals surface area contributed by atoms with Crippen molar-refractivity contribution in [1.29, 1.82) is 0 Å². The van der Waals surface area contributed by atoms with Crippen LogP contribution in [0.15, 0.2) is 0 Å². The second kappa shape index (κ2) is 15.4. The molecule has 0 aliphatic carbocycles. The van der Waals surface area contributed by atoms with Crippen LogP contribution in [0.4, 0.5) is 0 Å². The van der Waals surface area contributed by atoms with Crippen LogP contribution < -0.4 is 0 Å². The quantitative estimate of drug-likeness (QED) is 0.220. The van der Waals surface area contributed by atoms with Gasteiger partial charge in [0.2, 0.25) is 0 Å². The van der Waals surface area contributed by atoms with Gasteiger partial charge in [-0.05, 0) is 50.9 Å². The average Bonchev–Trinajstić information content (AvgIpc) is 2.83. The van der Waals surface area contributed by atoms with E-state index in [-0.39, 0.29) is 35.6 Å². The van der Waals surface area contributed by atoms with E-state index >= 15 is 0 Å². The fraction of sp³-hybridized carbons (Fsp3) is 0.929. The Bertz CT molecular complexity index is 658. The van der Waals surface area contributed by atoms with Crippen LogP contribution in [0.1, 0.15) is 94.4 Å². The number of ether oxygens (including phenoxy) is 3. The summed E-state index contributed by atoms with van der Waals surface area (Å²) >= 11 is 0. The van der Waals surface area contributed by atoms with Crippen molar-refractivity contribution in [3.63, 3.8) is 0 Å². The van der Waals surface area contributed by atoms with E-state index < -0.39 is 48.7 Å². The maximum Gasteiger partial charge on any atom is 0.313 e. The molecule has 36 heavy (non-hydrogen) atoms. The molecule has 1 saturated heterocycles. The Labute approximate surface area is 218 Å². The number of carbonyl (C=O) groups is 2. The molecule has 0 spiro atoms. The summed E-state index contributed by atoms with van der Waals surface area (Å²) in [5.41, 5.74) is 0. The van der Waals surface area contributed by atoms with Gasteiger partial charge in [0.25, 0.3) is 0 Å². The Kier molecular flexibility index (Phi) is 14.1. The third kappa shape index (κ3) is 9.67. The fourth-order valence-corrected chi connectivity index (χ4v) is 5.32. The molecule has 0 aromatic carbocycles. The maximum absolute atomic E-state index is 12.8. The number of aliphatic hydroxyl groups is 3. The molecule has 8 nitrogen and oxygen atoms in total. The summed E-state index contributed by atoms with van der Waals surface area (Å²) in [6.07, 6.45) is -1.12. The normalized spacial score (nSPS) is 29.3. The lowest BCUT2D eigenvalue weighted by molar-refractivity contribution is -0.261. The van der Waals surface area contributed by atoms with Crippen LogP contribution in [-0.4, -0.2) is 64.1 Å². The maximum atomic E-state index is 12.8. The second-order valence-corrected chi connectivity index (χ2v) is 11.3. The standard InChI is InChI=1S/C28H52O8/c1-10-22(29)19(7)25(31)16(4)12-15(3)13-18(6)27(20(8)28(33)35-23(30)11-2)36-24-14-17(5)26(32)21(9)34-24/h15-24,26-27,29-30,32H,10-14H2,1-9H3/t15?,16-,17?,18?,19-,20?,21?,22+,23?,24+,26-,27?/m1/s1. The minimum Gasteiger partial charge on any atom is -0.436 e. The van der Waals surface area contributed by atoms with Gasteiger partial charge in [-0.25, -0.2) is 0 Å². The number of esters is 1. The van der Waals surface area contributed by atoms with E-state index in [1.54, 1.807) is 27.7 Å². The van der Waals surface area contributed by atoms with Gasteiger partial charge >= 0.3 is 5.97 Å². The number of hydrogen-bond acceptors (Lipinski definition) is 8. The number of carbonyl (C=O) groups excluding carboxylic acids is 2. The van der Waals surface area contributed by atoms with Crippen molar-refractivity contribution in [1.82, 2.24) is 0 Å². The molecule has 1 aliphatic rings. The van der Waals surface area contributed by atoms with Crippen LogP contribution >= 0.6 is 0 Å². The first-order valence-electron chi connectivity index (χ1n) is 13.8. The summed E-state index contributed by atoms with van der Waals surface area (Å²) in [5, 5.41) is 30.1. The Morgan fingerprint density at radius 2 is 1.58 bits per heavy atom. The summed E-state index contributed by atoms with van der Waals surface area (Å²) < 4.78 is 17.5. The van der Waals surface area contributed by atoms with Crippen LogP contribution in [0, 0.1) is 35.5 Å². The van der Waals surface area contributed by atoms with Crippen LogP contribution in [0.3, 0.4) is 0 Å². The van der Waals surface area contributed by atoms with Gasteiger partial charge in [-0.15, -0.1) is 0 Å². The van der Waals surface area contributed by atoms with Crippen molar-refractivity contribution in [3.05, 3.63) is 0 Å². The second-order valence-electron chi connectivity index (χ2n) is 11.3. The molecule has 0 radical (unpaired) electrons. The Hall–Kier alpha value is -1.06. The number of Topliss-reactive ketones (excluding diaryl/α,β-unsaturated/α-hetero) is 1. The summed E-state index contributed by atoms with van der Waals surface area (Å²) in [6, 6.07) is 0. The molecule has 0 bridgehead atoms. The van der Waals surface area contributed by atoms with Crippen molar-refractivity contribution < 1.29 is 39.1 Å². The largest absolute Gasteiger partial charge is 0.436 e. The monoisotopic (exact) mass is 516 g/mol. The first-order valence-corrected chi connectivity index (χ1v) is 13.8. The van der Waals surface area contributed by atoms with Gasteiger partial charge in [0.05, 0.1) is 30.3 Å². The first kappa shape index (κ1) is 33.0. The van der Waals surface area contributed by atoms with Crippen molar-refractivity contribution in [2.24, 2.45) is 35.5 Å². The number of rotatable bonds is 15. The molecule has 1 fully saturated rings. The first-order chi connectivity index (χ1) is 16.7. The van der Waals surface area contributed by atoms with Crippen LogP contribution in [0.25, 0.3) is 0 Å². The summed E-state index contributed by atoms with van der Waals surface area (Å²) in [5.74, 6) is -1.59. The lowest BCUT2D eigenvalue weighted by Crippen LogP contribution is -2.47. The van der Waals surface area contributed by atoms with Gasteiger partial charge in [0.1, 0.15) is 5.78 Å². The lowest BCUT2D eigenvalue weighted by Gasteiger charge is -2.40. The minimum absolute atomic E-state index is 0.00914. The Morgan fingerprint density at radius 1 is 0.972 bits per heavy atom. The number of aliphatic hydroxyl groups excluding tert-OH is 3. The van der Waals surface area contributed by atoms with E-state index in [1.165, 1.54) is 0 Å².